The summed E-state index contributed by atoms with van der Waals surface area (Å²) in [7, 11) is 0. The summed E-state index contributed by atoms with van der Waals surface area (Å²) in [6.45, 7) is 0. The van der Waals surface area contributed by atoms with Crippen molar-refractivity contribution in [2.75, 3.05) is 0 Å². The predicted molar refractivity (Wildman–Crippen MR) is 76.7 cm³/mol. The minimum Gasteiger partial charge on any atom is -0.311 e. The molecule has 2 aromatic carbocycles. The molecule has 5 N–H and O–H groups in total. The van der Waals surface area contributed by atoms with Gasteiger partial charge in [-0.25, -0.2) is 5.43 Å². The summed E-state index contributed by atoms with van der Waals surface area (Å²) in [6, 6.07) is 19.6. The van der Waals surface area contributed by atoms with Gasteiger partial charge in [-0.3, -0.25) is 5.84 Å². The lowest BCUT2D eigenvalue weighted by Gasteiger charge is -2.08. The molecule has 0 spiro atoms. The number of hydrazine groups is 1. The highest BCUT2D eigenvalue weighted by Crippen LogP contribution is 2.03. The number of hydrogen-bond donors (Lipinski definition) is 3. The summed E-state index contributed by atoms with van der Waals surface area (Å²) in [6.07, 6.45) is -0.263. The van der Waals surface area contributed by atoms with Crippen molar-refractivity contribution in [3.8, 4) is 0 Å². The summed E-state index contributed by atoms with van der Waals surface area (Å²) in [5.41, 5.74) is 10.2. The second kappa shape index (κ2) is 8.66. The number of nitrogens with two attached hydrogens (primary N) is 2. The number of nitrogens with one attached hydrogen (secondary N) is 1. The van der Waals surface area contributed by atoms with E-state index in [1.807, 2.05) is 60.7 Å². The van der Waals surface area contributed by atoms with Crippen LogP contribution in [0.3, 0.4) is 0 Å². The minimum absolute atomic E-state index is 0.263. The van der Waals surface area contributed by atoms with E-state index < -0.39 is 0 Å². The third kappa shape index (κ3) is 5.29. The fraction of sp³-hybridized carbons (Fsp3) is 0.143. The molecular weight excluding hydrogens is 246 g/mol. The van der Waals surface area contributed by atoms with E-state index in [1.165, 1.54) is 5.56 Å². The molecule has 0 bridgehead atoms. The van der Waals surface area contributed by atoms with E-state index in [0.29, 0.717) is 5.88 Å². The van der Waals surface area contributed by atoms with Crippen molar-refractivity contribution in [3.05, 3.63) is 71.8 Å². The maximum Gasteiger partial charge on any atom is 0.0935 e. The molecule has 18 heavy (non-hydrogen) atoms. The van der Waals surface area contributed by atoms with Gasteiger partial charge in [0.05, 0.1) is 6.17 Å². The first-order valence-electron chi connectivity index (χ1n) is 5.64. The molecule has 1 unspecified atom stereocenters. The van der Waals surface area contributed by atoms with E-state index in [9.17, 15) is 0 Å². The summed E-state index contributed by atoms with van der Waals surface area (Å²) in [4.78, 5) is 0. The number of benzene rings is 2. The monoisotopic (exact) mass is 263 g/mol. The van der Waals surface area contributed by atoms with Gasteiger partial charge in [-0.1, -0.05) is 60.7 Å². The van der Waals surface area contributed by atoms with Crippen LogP contribution >= 0.6 is 11.6 Å². The molecule has 0 saturated carbocycles. The second-order valence-corrected chi connectivity index (χ2v) is 3.94. The Balaban J connectivity index is 0.000000184. The molecular formula is C14H18ClN3. The van der Waals surface area contributed by atoms with Crippen molar-refractivity contribution in [2.24, 2.45) is 11.6 Å². The van der Waals surface area contributed by atoms with E-state index in [1.54, 1.807) is 0 Å². The van der Waals surface area contributed by atoms with E-state index in [-0.39, 0.29) is 6.17 Å². The van der Waals surface area contributed by atoms with Gasteiger partial charge in [0.25, 0.3) is 0 Å². The first kappa shape index (κ1) is 14.7. The van der Waals surface area contributed by atoms with Gasteiger partial charge in [-0.05, 0) is 11.1 Å². The van der Waals surface area contributed by atoms with Gasteiger partial charge in [-0.15, -0.1) is 11.6 Å². The molecule has 1 atom stereocenters. The van der Waals surface area contributed by atoms with Gasteiger partial charge >= 0.3 is 0 Å². The first-order valence-corrected chi connectivity index (χ1v) is 6.18. The maximum atomic E-state index is 5.56. The molecule has 0 fully saturated rings. The Bertz CT molecular complexity index is 420. The molecule has 96 valence electrons. The summed E-state index contributed by atoms with van der Waals surface area (Å²) in [5, 5.41) is 0. The van der Waals surface area contributed by atoms with E-state index >= 15 is 0 Å². The van der Waals surface area contributed by atoms with Crippen LogP contribution < -0.4 is 17.0 Å². The normalized spacial score (nSPS) is 11.3. The molecule has 0 aliphatic heterocycles. The molecule has 0 heterocycles. The third-order valence-electron chi connectivity index (χ3n) is 2.34. The fourth-order valence-electron chi connectivity index (χ4n) is 1.32. The molecule has 0 aliphatic rings. The Morgan fingerprint density at radius 1 is 0.944 bits per heavy atom. The van der Waals surface area contributed by atoms with Crippen LogP contribution in [0.5, 0.6) is 0 Å². The number of alkyl halides is 1. The summed E-state index contributed by atoms with van der Waals surface area (Å²) in [5.74, 6) is 5.74. The van der Waals surface area contributed by atoms with Crippen LogP contribution in [0, 0.1) is 0 Å². The number of rotatable bonds is 3. The quantitative estimate of drug-likeness (QED) is 0.345. The van der Waals surface area contributed by atoms with Crippen LogP contribution in [0.15, 0.2) is 60.7 Å². The molecule has 2 rings (SSSR count). The zero-order chi connectivity index (χ0) is 13.2. The lowest BCUT2D eigenvalue weighted by molar-refractivity contribution is 0.577. The lowest BCUT2D eigenvalue weighted by atomic mass is 10.2. The Morgan fingerprint density at radius 3 is 1.83 bits per heavy atom. The predicted octanol–water partition coefficient (Wildman–Crippen LogP) is 2.53. The van der Waals surface area contributed by atoms with E-state index in [0.717, 1.165) is 5.56 Å². The Hall–Kier alpha value is -1.39. The zero-order valence-electron chi connectivity index (χ0n) is 10.1. The van der Waals surface area contributed by atoms with Crippen LogP contribution in [0.2, 0.25) is 0 Å². The van der Waals surface area contributed by atoms with E-state index in [2.05, 4.69) is 5.43 Å². The smallest absolute Gasteiger partial charge is 0.0935 e. The second-order valence-electron chi connectivity index (χ2n) is 3.67. The summed E-state index contributed by atoms with van der Waals surface area (Å²) < 4.78 is 0. The van der Waals surface area contributed by atoms with Crippen molar-refractivity contribution < 1.29 is 0 Å². The lowest BCUT2D eigenvalue weighted by Crippen LogP contribution is -2.33. The molecule has 0 aromatic heterocycles. The van der Waals surface area contributed by atoms with Crippen LogP contribution in [0.25, 0.3) is 0 Å². The van der Waals surface area contributed by atoms with E-state index in [4.69, 9.17) is 23.2 Å². The third-order valence-corrected chi connectivity index (χ3v) is 2.64. The Labute approximate surface area is 113 Å². The average Bonchev–Trinajstić information content (AvgIpc) is 2.49. The Kier molecular flexibility index (Phi) is 7.06. The van der Waals surface area contributed by atoms with Crippen LogP contribution in [-0.2, 0) is 5.88 Å². The van der Waals surface area contributed by atoms with Gasteiger partial charge in [-0.2, -0.15) is 0 Å². The van der Waals surface area contributed by atoms with Crippen LogP contribution in [0.1, 0.15) is 17.3 Å². The average molecular weight is 264 g/mol. The van der Waals surface area contributed by atoms with Gasteiger partial charge in [0, 0.05) is 5.88 Å². The molecule has 0 radical (unpaired) electrons. The van der Waals surface area contributed by atoms with Crippen molar-refractivity contribution >= 4 is 11.6 Å². The van der Waals surface area contributed by atoms with Gasteiger partial charge in [0.1, 0.15) is 0 Å². The molecule has 2 aromatic rings. The van der Waals surface area contributed by atoms with Crippen LogP contribution in [0.4, 0.5) is 0 Å². The van der Waals surface area contributed by atoms with Crippen molar-refractivity contribution in [3.63, 3.8) is 0 Å². The molecule has 0 aliphatic carbocycles. The highest BCUT2D eigenvalue weighted by Gasteiger charge is 1.98. The van der Waals surface area contributed by atoms with Crippen molar-refractivity contribution in [2.45, 2.75) is 12.0 Å². The van der Waals surface area contributed by atoms with Gasteiger partial charge in [0.15, 0.2) is 0 Å². The molecule has 3 nitrogen and oxygen atoms in total. The largest absolute Gasteiger partial charge is 0.311 e. The van der Waals surface area contributed by atoms with Crippen LogP contribution in [-0.4, -0.2) is 0 Å². The minimum atomic E-state index is -0.263. The van der Waals surface area contributed by atoms with Gasteiger partial charge in [0.2, 0.25) is 0 Å². The topological polar surface area (TPSA) is 64.1 Å². The van der Waals surface area contributed by atoms with Crippen molar-refractivity contribution in [1.82, 2.24) is 5.43 Å². The molecule has 4 heteroatoms. The number of halogens is 1. The zero-order valence-corrected chi connectivity index (χ0v) is 10.8. The van der Waals surface area contributed by atoms with Crippen molar-refractivity contribution in [1.29, 1.82) is 0 Å². The Morgan fingerprint density at radius 2 is 1.44 bits per heavy atom. The maximum absolute atomic E-state index is 5.56. The van der Waals surface area contributed by atoms with Gasteiger partial charge < -0.3 is 5.73 Å². The number of hydrogen-bond acceptors (Lipinski definition) is 3. The highest BCUT2D eigenvalue weighted by atomic mass is 35.5. The standard InChI is InChI=1S/C7H7Cl.C7H11N3/c8-6-7-4-2-1-3-5-7;8-7(10-9)6-4-2-1-3-5-6/h1-5H,6H2;1-5,7,10H,8-9H2. The molecule has 0 saturated heterocycles. The molecule has 0 amide bonds. The fourth-order valence-corrected chi connectivity index (χ4v) is 1.50. The SMILES string of the molecule is ClCc1ccccc1.NNC(N)c1ccccc1. The first-order chi connectivity index (χ1) is 8.77. The summed E-state index contributed by atoms with van der Waals surface area (Å²) >= 11 is 5.53. The highest BCUT2D eigenvalue weighted by molar-refractivity contribution is 6.17.